The van der Waals surface area contributed by atoms with Gasteiger partial charge in [-0.3, -0.25) is 0 Å². The monoisotopic (exact) mass is 1610 g/mol. The number of hydrogen-bond donors (Lipinski definition) is 0. The number of benzene rings is 14. The van der Waals surface area contributed by atoms with Crippen molar-refractivity contribution in [1.82, 2.24) is 39.9 Å². The van der Waals surface area contributed by atoms with E-state index in [9.17, 15) is 0 Å². The second kappa shape index (κ2) is 28.3. The van der Waals surface area contributed by atoms with Crippen LogP contribution < -0.4 is 0 Å². The lowest BCUT2D eigenvalue weighted by Gasteiger charge is -2.19. The van der Waals surface area contributed by atoms with Crippen LogP contribution >= 0.6 is 68.4 Å². The summed E-state index contributed by atoms with van der Waals surface area (Å²) in [5, 5.41) is 9.36. The summed E-state index contributed by atoms with van der Waals surface area (Å²) >= 11 is 10.8. The van der Waals surface area contributed by atoms with Crippen molar-refractivity contribution < 1.29 is 0 Å². The molecule has 14 heteroatoms. The minimum atomic E-state index is 0.344. The summed E-state index contributed by atoms with van der Waals surface area (Å²) in [7, 11) is 0. The van der Waals surface area contributed by atoms with Crippen LogP contribution in [0.2, 0.25) is 0 Å². The Kier molecular flexibility index (Phi) is 16.6. The van der Waals surface area contributed by atoms with E-state index >= 15 is 0 Å². The van der Waals surface area contributed by atoms with Crippen LogP contribution in [0.1, 0.15) is 48.0 Å². The minimum Gasteiger partial charge on any atom is -0.236 e. The highest BCUT2D eigenvalue weighted by molar-refractivity contribution is 8.03. The molecule has 1 atom stereocenters. The molecule has 0 fully saturated rings. The molecule has 21 aromatic rings. The zero-order valence-electron chi connectivity index (χ0n) is 63.0. The number of allylic oxidation sites excluding steroid dienone is 8. The Balaban J connectivity index is 0.619. The Morgan fingerprint density at radius 3 is 1.47 bits per heavy atom. The van der Waals surface area contributed by atoms with Gasteiger partial charge in [-0.05, 0) is 200 Å². The van der Waals surface area contributed by atoms with Gasteiger partial charge < -0.3 is 0 Å². The van der Waals surface area contributed by atoms with Gasteiger partial charge in [0.15, 0.2) is 34.9 Å². The van der Waals surface area contributed by atoms with Crippen molar-refractivity contribution >= 4 is 166 Å². The van der Waals surface area contributed by atoms with E-state index in [1.54, 1.807) is 34.0 Å². The summed E-state index contributed by atoms with van der Waals surface area (Å²) in [6, 6.07) is 112. The van der Waals surface area contributed by atoms with Crippen LogP contribution in [0.3, 0.4) is 0 Å². The molecule has 7 aromatic heterocycles. The van der Waals surface area contributed by atoms with Gasteiger partial charge in [0, 0.05) is 110 Å². The summed E-state index contributed by atoms with van der Waals surface area (Å²) in [6.07, 6.45) is 11.9. The van der Waals surface area contributed by atoms with E-state index in [1.807, 2.05) is 40.5 Å². The SMILES string of the molecule is C1=C(c2nc(C3=CC(c4cc(-c5cccc(-c6nc(-c7ccc(-c8cccc9c8sc8ccc(-c%10cccc(-c%11nc%12ccccc%12s%11)c%10)cc89)cc7)nc(-c7ccc8c(c7)sc7ccccc78)n6)c5)cc5c4sc4ccc(-c6cccc(-c7nc8ccccc8s7)c6)cc45)=CCC3)nc(-c3ccccc3)n2)C=C2Sc3ccccc3C2C1. The highest BCUT2D eigenvalue weighted by Gasteiger charge is 2.31. The minimum absolute atomic E-state index is 0.344. The number of aromatic nitrogens is 8. The van der Waals surface area contributed by atoms with E-state index in [4.69, 9.17) is 39.9 Å². The van der Waals surface area contributed by atoms with Crippen LogP contribution in [0.4, 0.5) is 0 Å². The van der Waals surface area contributed by atoms with Gasteiger partial charge in [0.25, 0.3) is 0 Å². The van der Waals surface area contributed by atoms with Crippen molar-refractivity contribution in [3.63, 3.8) is 0 Å². The summed E-state index contributed by atoms with van der Waals surface area (Å²) in [5.74, 6) is 4.18. The van der Waals surface area contributed by atoms with Crippen LogP contribution in [0, 0.1) is 0 Å². The molecule has 0 bridgehead atoms. The van der Waals surface area contributed by atoms with Crippen molar-refractivity contribution in [3.05, 3.63) is 361 Å². The topological polar surface area (TPSA) is 103 Å². The third kappa shape index (κ3) is 12.3. The second-order valence-electron chi connectivity index (χ2n) is 30.3. The smallest absolute Gasteiger partial charge is 0.164 e. The largest absolute Gasteiger partial charge is 0.236 e. The number of thioether (sulfide) groups is 1. The van der Waals surface area contributed by atoms with E-state index in [0.717, 1.165) is 124 Å². The van der Waals surface area contributed by atoms with Crippen LogP contribution in [-0.2, 0) is 0 Å². The lowest BCUT2D eigenvalue weighted by atomic mass is 9.89. The summed E-state index contributed by atoms with van der Waals surface area (Å²) in [6.45, 7) is 0. The first-order valence-corrected chi connectivity index (χ1v) is 44.4. The molecule has 8 heterocycles. The van der Waals surface area contributed by atoms with Crippen molar-refractivity contribution in [3.8, 4) is 111 Å². The standard InChI is InChI=1S/C104H62N8S6/c1-2-17-60(18-3-1)97-107-100(112-101(108-97)70-41-45-78-76-27-4-8-33-87(76)113-93(78)57-70)69-24-15-22-67(52-69)81-55-74(56-84-83-54-66(44-48-90(83)116-96(81)84)63-20-14-26-73(51-63)104-106-86-32-7-11-36-92(86)118-104)64-21-12-23-68(49-64)99-109-98(110-102(111-99)71-42-46-79-77-28-5-9-34-88(77)114-94(79)58-71)61-39-37-59(38-40-61)75-29-16-30-80-82-53-65(43-47-89(82)115-95(75)80)62-19-13-25-72(50-62)103-105-85-31-6-10-35-91(85)117-103/h1-14,16-23,25-44,46-58,78H,15,24,45H2. The molecular weight excluding hydrogens is 1550 g/mol. The quantitative estimate of drug-likeness (QED) is 0.112. The Morgan fingerprint density at radius 2 is 0.754 bits per heavy atom. The molecule has 0 saturated heterocycles. The molecule has 3 aliphatic rings. The lowest BCUT2D eigenvalue weighted by Crippen LogP contribution is -2.08. The average Bonchev–Trinajstić information content (AvgIpc) is 1.67. The number of thiazole rings is 2. The van der Waals surface area contributed by atoms with Crippen LogP contribution in [0.5, 0.6) is 0 Å². The molecule has 0 N–H and O–H groups in total. The fourth-order valence-corrected chi connectivity index (χ4v) is 24.0. The molecule has 8 nitrogen and oxygen atoms in total. The highest BCUT2D eigenvalue weighted by Crippen LogP contribution is 2.54. The average molecular weight is 1620 g/mol. The number of rotatable bonds is 13. The molecule has 0 saturated carbocycles. The summed E-state index contributed by atoms with van der Waals surface area (Å²) in [4.78, 5) is 45.2. The van der Waals surface area contributed by atoms with Crippen LogP contribution in [0.15, 0.2) is 343 Å². The zero-order valence-corrected chi connectivity index (χ0v) is 67.9. The van der Waals surface area contributed by atoms with Gasteiger partial charge in [0.2, 0.25) is 0 Å². The molecule has 1 unspecified atom stereocenters. The van der Waals surface area contributed by atoms with Gasteiger partial charge in [0.1, 0.15) is 10.0 Å². The molecule has 0 spiro atoms. The molecule has 0 amide bonds. The molecule has 24 rings (SSSR count). The van der Waals surface area contributed by atoms with Crippen molar-refractivity contribution in [2.75, 3.05) is 0 Å². The van der Waals surface area contributed by atoms with Crippen LogP contribution in [-0.4, -0.2) is 39.9 Å². The third-order valence-electron chi connectivity index (χ3n) is 23.1. The molecule has 14 aromatic carbocycles. The maximum Gasteiger partial charge on any atom is 0.164 e. The maximum absolute atomic E-state index is 5.48. The van der Waals surface area contributed by atoms with Gasteiger partial charge in [-0.2, -0.15) is 0 Å². The van der Waals surface area contributed by atoms with Crippen molar-refractivity contribution in [2.45, 2.75) is 30.1 Å². The Morgan fingerprint density at radius 1 is 0.263 bits per heavy atom. The Bertz CT molecular complexity index is 7840. The second-order valence-corrected chi connectivity index (χ2v) is 36.7. The van der Waals surface area contributed by atoms with Gasteiger partial charge in [-0.1, -0.05) is 236 Å². The van der Waals surface area contributed by atoms with E-state index < -0.39 is 0 Å². The summed E-state index contributed by atoms with van der Waals surface area (Å²) in [5.41, 5.74) is 22.8. The predicted octanol–water partition coefficient (Wildman–Crippen LogP) is 29.9. The number of thiophene rings is 3. The van der Waals surface area contributed by atoms with E-state index in [1.165, 1.54) is 102 Å². The fraction of sp³-hybridized carbons (Fsp3) is 0.0385. The van der Waals surface area contributed by atoms with E-state index in [0.29, 0.717) is 40.9 Å². The predicted molar refractivity (Wildman–Crippen MR) is 500 cm³/mol. The molecule has 2 aliphatic carbocycles. The molecule has 0 radical (unpaired) electrons. The van der Waals surface area contributed by atoms with E-state index in [2.05, 4.69) is 328 Å². The highest BCUT2D eigenvalue weighted by atomic mass is 32.2. The van der Waals surface area contributed by atoms with Crippen molar-refractivity contribution in [1.29, 1.82) is 0 Å². The number of hydrogen-bond acceptors (Lipinski definition) is 14. The maximum atomic E-state index is 5.48. The van der Waals surface area contributed by atoms with Gasteiger partial charge in [-0.25, -0.2) is 39.9 Å². The molecular formula is C104H62N8S6. The summed E-state index contributed by atoms with van der Waals surface area (Å²) < 4.78 is 9.72. The van der Waals surface area contributed by atoms with Crippen molar-refractivity contribution in [2.24, 2.45) is 0 Å². The first-order chi connectivity index (χ1) is 58.3. The first-order valence-electron chi connectivity index (χ1n) is 39.5. The molecule has 1 aliphatic heterocycles. The Labute approximate surface area is 702 Å². The lowest BCUT2D eigenvalue weighted by molar-refractivity contribution is 0.837. The Hall–Kier alpha value is -13.2. The molecule has 554 valence electrons. The van der Waals surface area contributed by atoms with E-state index in [-0.39, 0.29) is 0 Å². The fourth-order valence-electron chi connectivity index (χ4n) is 17.2. The number of nitrogens with zero attached hydrogens (tertiary/aromatic N) is 8. The molecule has 118 heavy (non-hydrogen) atoms. The van der Waals surface area contributed by atoms with Gasteiger partial charge >= 0.3 is 0 Å². The normalized spacial score (nSPS) is 14.1. The zero-order chi connectivity index (χ0) is 77.5. The number of fused-ring (bicyclic) bond motifs is 14. The van der Waals surface area contributed by atoms with Gasteiger partial charge in [0.05, 0.1) is 20.4 Å². The first kappa shape index (κ1) is 69.2. The number of para-hydroxylation sites is 2. The van der Waals surface area contributed by atoms with Gasteiger partial charge in [-0.15, -0.1) is 56.7 Å². The third-order valence-corrected chi connectivity index (χ3v) is 30.1. The van der Waals surface area contributed by atoms with Crippen LogP contribution in [0.25, 0.3) is 209 Å².